The summed E-state index contributed by atoms with van der Waals surface area (Å²) in [7, 11) is -4.88. The predicted octanol–water partition coefficient (Wildman–Crippen LogP) is 0.332. The van der Waals surface area contributed by atoms with Crippen molar-refractivity contribution in [2.24, 2.45) is 0 Å². The van der Waals surface area contributed by atoms with Gasteiger partial charge in [0.15, 0.2) is 0 Å². The van der Waals surface area contributed by atoms with Crippen LogP contribution in [0.2, 0.25) is 0 Å². The highest BCUT2D eigenvalue weighted by molar-refractivity contribution is 7.86. The number of nitro benzene ring substituents is 2. The Morgan fingerprint density at radius 3 is 2.06 bits per heavy atom. The van der Waals surface area contributed by atoms with Crippen LogP contribution in [0.1, 0.15) is 0 Å². The standard InChI is InChI=1S/C6H5N3O7S/c7-6-4(9(12)13)1-3(8(10)11)2-5(6)17(14,15)16/h1-2H,7H2,(H,14,15,16). The Kier molecular flexibility index (Phi) is 2.97. The van der Waals surface area contributed by atoms with E-state index in [1.54, 1.807) is 0 Å². The summed E-state index contributed by atoms with van der Waals surface area (Å²) in [6.45, 7) is 0. The summed E-state index contributed by atoms with van der Waals surface area (Å²) in [6.07, 6.45) is 0. The summed E-state index contributed by atoms with van der Waals surface area (Å²) < 4.78 is 30.4. The van der Waals surface area contributed by atoms with Crippen LogP contribution >= 0.6 is 0 Å². The normalized spacial score (nSPS) is 11.1. The first kappa shape index (κ1) is 12.8. The molecule has 0 saturated heterocycles. The molecule has 0 atom stereocenters. The van der Waals surface area contributed by atoms with E-state index in [0.29, 0.717) is 12.1 Å². The number of nitro groups is 2. The molecule has 17 heavy (non-hydrogen) atoms. The van der Waals surface area contributed by atoms with Crippen molar-refractivity contribution in [3.63, 3.8) is 0 Å². The molecule has 0 unspecified atom stereocenters. The number of nitrogen functional groups attached to an aromatic ring is 1. The van der Waals surface area contributed by atoms with Gasteiger partial charge in [0.25, 0.3) is 21.5 Å². The average Bonchev–Trinajstić information content (AvgIpc) is 2.15. The van der Waals surface area contributed by atoms with Gasteiger partial charge in [-0.15, -0.1) is 0 Å². The van der Waals surface area contributed by atoms with Crippen molar-refractivity contribution < 1.29 is 22.8 Å². The topological polar surface area (TPSA) is 167 Å². The lowest BCUT2D eigenvalue weighted by Crippen LogP contribution is -2.07. The minimum Gasteiger partial charge on any atom is -0.392 e. The summed E-state index contributed by atoms with van der Waals surface area (Å²) in [5, 5.41) is 20.9. The van der Waals surface area contributed by atoms with Crippen LogP contribution in [0.3, 0.4) is 0 Å². The van der Waals surface area contributed by atoms with Gasteiger partial charge in [-0.3, -0.25) is 24.8 Å². The van der Waals surface area contributed by atoms with E-state index in [4.69, 9.17) is 10.3 Å². The van der Waals surface area contributed by atoms with E-state index in [0.717, 1.165) is 0 Å². The molecule has 3 N–H and O–H groups in total. The molecule has 0 aliphatic carbocycles. The number of rotatable bonds is 3. The van der Waals surface area contributed by atoms with Gasteiger partial charge < -0.3 is 5.73 Å². The lowest BCUT2D eigenvalue weighted by Gasteiger charge is -2.03. The molecule has 10 nitrogen and oxygen atoms in total. The Labute approximate surface area is 93.7 Å². The molecule has 0 fully saturated rings. The molecule has 0 amide bonds. The highest BCUT2D eigenvalue weighted by Gasteiger charge is 2.27. The van der Waals surface area contributed by atoms with E-state index >= 15 is 0 Å². The van der Waals surface area contributed by atoms with Crippen LogP contribution in [0.5, 0.6) is 0 Å². The molecular weight excluding hydrogens is 258 g/mol. The Bertz CT molecular complexity index is 608. The van der Waals surface area contributed by atoms with Gasteiger partial charge in [0.2, 0.25) is 0 Å². The van der Waals surface area contributed by atoms with Gasteiger partial charge in [0.1, 0.15) is 10.6 Å². The van der Waals surface area contributed by atoms with E-state index in [2.05, 4.69) is 0 Å². The fourth-order valence-corrected chi connectivity index (χ4v) is 1.72. The van der Waals surface area contributed by atoms with Crippen LogP contribution in [-0.4, -0.2) is 22.8 Å². The van der Waals surface area contributed by atoms with E-state index in [9.17, 15) is 28.6 Å². The molecule has 0 aliphatic heterocycles. The van der Waals surface area contributed by atoms with E-state index < -0.39 is 41.9 Å². The number of anilines is 1. The maximum absolute atomic E-state index is 10.8. The molecule has 1 aromatic carbocycles. The highest BCUT2D eigenvalue weighted by atomic mass is 32.2. The number of benzene rings is 1. The van der Waals surface area contributed by atoms with Crippen LogP contribution < -0.4 is 5.73 Å². The van der Waals surface area contributed by atoms with Crippen LogP contribution in [0.25, 0.3) is 0 Å². The Balaban J connectivity index is 3.73. The molecule has 1 aromatic rings. The Morgan fingerprint density at radius 1 is 1.18 bits per heavy atom. The van der Waals surface area contributed by atoms with Crippen LogP contribution in [0, 0.1) is 20.2 Å². The highest BCUT2D eigenvalue weighted by Crippen LogP contribution is 2.33. The zero-order valence-electron chi connectivity index (χ0n) is 7.93. The molecule has 11 heteroatoms. The van der Waals surface area contributed by atoms with Gasteiger partial charge in [-0.25, -0.2) is 0 Å². The van der Waals surface area contributed by atoms with E-state index in [-0.39, 0.29) is 0 Å². The van der Waals surface area contributed by atoms with Crippen molar-refractivity contribution in [1.29, 1.82) is 0 Å². The van der Waals surface area contributed by atoms with Crippen molar-refractivity contribution in [3.05, 3.63) is 32.4 Å². The second-order valence-electron chi connectivity index (χ2n) is 2.87. The molecule has 0 heterocycles. The average molecular weight is 263 g/mol. The molecule has 0 spiro atoms. The van der Waals surface area contributed by atoms with Crippen molar-refractivity contribution >= 4 is 27.2 Å². The first-order valence-corrected chi connectivity index (χ1v) is 5.28. The van der Waals surface area contributed by atoms with Gasteiger partial charge in [-0.1, -0.05) is 0 Å². The van der Waals surface area contributed by atoms with Gasteiger partial charge >= 0.3 is 0 Å². The first-order valence-electron chi connectivity index (χ1n) is 3.84. The SMILES string of the molecule is Nc1c([N+](=O)[O-])cc([N+](=O)[O-])cc1S(=O)(=O)O. The maximum atomic E-state index is 10.8. The summed E-state index contributed by atoms with van der Waals surface area (Å²) in [5.74, 6) is 0. The molecule has 0 aromatic heterocycles. The minimum absolute atomic E-state index is 0.442. The van der Waals surface area contributed by atoms with E-state index in [1.165, 1.54) is 0 Å². The minimum atomic E-state index is -4.88. The third-order valence-electron chi connectivity index (χ3n) is 1.79. The van der Waals surface area contributed by atoms with Crippen molar-refractivity contribution in [1.82, 2.24) is 0 Å². The van der Waals surface area contributed by atoms with Gasteiger partial charge in [0, 0.05) is 6.07 Å². The molecule has 0 saturated carbocycles. The summed E-state index contributed by atoms with van der Waals surface area (Å²) >= 11 is 0. The molecule has 0 bridgehead atoms. The van der Waals surface area contributed by atoms with Gasteiger partial charge in [0.05, 0.1) is 15.9 Å². The molecule has 1 rings (SSSR count). The van der Waals surface area contributed by atoms with Crippen molar-refractivity contribution in [2.45, 2.75) is 4.90 Å². The Morgan fingerprint density at radius 2 is 1.71 bits per heavy atom. The number of hydrogen-bond acceptors (Lipinski definition) is 7. The third-order valence-corrected chi connectivity index (χ3v) is 2.68. The Hall–Kier alpha value is -2.27. The second-order valence-corrected chi connectivity index (χ2v) is 4.26. The quantitative estimate of drug-likeness (QED) is 0.340. The largest absolute Gasteiger partial charge is 0.392 e. The monoisotopic (exact) mass is 263 g/mol. The lowest BCUT2D eigenvalue weighted by molar-refractivity contribution is -0.393. The fourth-order valence-electron chi connectivity index (χ4n) is 1.07. The van der Waals surface area contributed by atoms with E-state index in [1.807, 2.05) is 0 Å². The van der Waals surface area contributed by atoms with Crippen LogP contribution in [0.4, 0.5) is 17.1 Å². The molecule has 0 aliphatic rings. The van der Waals surface area contributed by atoms with Gasteiger partial charge in [-0.05, 0) is 0 Å². The number of non-ortho nitro benzene ring substituents is 1. The van der Waals surface area contributed by atoms with Crippen molar-refractivity contribution in [2.75, 3.05) is 5.73 Å². The summed E-state index contributed by atoms with van der Waals surface area (Å²) in [4.78, 5) is 17.7. The molecule has 92 valence electrons. The zero-order valence-corrected chi connectivity index (χ0v) is 8.75. The van der Waals surface area contributed by atoms with Crippen molar-refractivity contribution in [3.8, 4) is 0 Å². The van der Waals surface area contributed by atoms with Gasteiger partial charge in [-0.2, -0.15) is 8.42 Å². The number of nitrogens with zero attached hydrogens (tertiary/aromatic N) is 2. The van der Waals surface area contributed by atoms with Crippen LogP contribution in [0.15, 0.2) is 17.0 Å². The maximum Gasteiger partial charge on any atom is 0.300 e. The lowest BCUT2D eigenvalue weighted by atomic mass is 10.2. The second kappa shape index (κ2) is 3.95. The first-order chi connectivity index (χ1) is 7.64. The molecule has 0 radical (unpaired) electrons. The number of hydrogen-bond donors (Lipinski definition) is 2. The number of nitrogens with two attached hydrogens (primary N) is 1. The predicted molar refractivity (Wildman–Crippen MR) is 54.0 cm³/mol. The third kappa shape index (κ3) is 2.46. The zero-order chi connectivity index (χ0) is 13.4. The fraction of sp³-hybridized carbons (Fsp3) is 0. The smallest absolute Gasteiger partial charge is 0.300 e. The molecular formula is C6H5N3O7S. The summed E-state index contributed by atoms with van der Waals surface area (Å²) in [5.41, 5.74) is 2.45. The van der Waals surface area contributed by atoms with Crippen LogP contribution in [-0.2, 0) is 10.1 Å². The summed E-state index contributed by atoms with van der Waals surface area (Å²) in [6, 6.07) is 0.946.